The van der Waals surface area contributed by atoms with Crippen molar-refractivity contribution in [2.75, 3.05) is 33.7 Å². The number of carbonyl (C=O) groups is 1. The Balaban J connectivity index is 2.20. The second-order valence-electron chi connectivity index (χ2n) is 5.87. The average molecular weight is 322 g/mol. The molecule has 1 aromatic heterocycles. The van der Waals surface area contributed by atoms with Crippen LogP contribution in [0, 0.1) is 6.92 Å². The van der Waals surface area contributed by atoms with Crippen molar-refractivity contribution >= 4 is 28.4 Å². The quantitative estimate of drug-likeness (QED) is 0.888. The number of hydrogen-bond donors (Lipinski definition) is 1. The van der Waals surface area contributed by atoms with Gasteiger partial charge in [0.2, 0.25) is 5.91 Å². The van der Waals surface area contributed by atoms with E-state index in [2.05, 4.69) is 9.88 Å². The summed E-state index contributed by atoms with van der Waals surface area (Å²) in [5.41, 5.74) is 3.11. The van der Waals surface area contributed by atoms with Crippen molar-refractivity contribution in [2.24, 2.45) is 0 Å². The lowest BCUT2D eigenvalue weighted by Crippen LogP contribution is -2.37. The number of benzene rings is 1. The summed E-state index contributed by atoms with van der Waals surface area (Å²) < 4.78 is 0. The van der Waals surface area contributed by atoms with E-state index in [-0.39, 0.29) is 5.91 Å². The van der Waals surface area contributed by atoms with E-state index in [0.717, 1.165) is 41.8 Å². The van der Waals surface area contributed by atoms with Gasteiger partial charge in [-0.15, -0.1) is 0 Å². The molecule has 0 aliphatic heterocycles. The molecule has 120 valence electrons. The highest BCUT2D eigenvalue weighted by atomic mass is 35.5. The lowest BCUT2D eigenvalue weighted by molar-refractivity contribution is -0.130. The van der Waals surface area contributed by atoms with Crippen LogP contribution in [0.4, 0.5) is 0 Å². The standard InChI is InChI=1S/C17H24ClN3O/c1-5-21(9-8-20(3)4)17(22)11-14-12(2)19-16-7-6-13(18)10-15(14)16/h6-7,10,19H,5,8-9,11H2,1-4H3. The zero-order chi connectivity index (χ0) is 16.3. The molecule has 0 aliphatic rings. The van der Waals surface area contributed by atoms with Gasteiger partial charge in [0.25, 0.3) is 0 Å². The van der Waals surface area contributed by atoms with Crippen LogP contribution < -0.4 is 0 Å². The molecule has 1 N–H and O–H groups in total. The largest absolute Gasteiger partial charge is 0.358 e. The molecule has 1 amide bonds. The second kappa shape index (κ2) is 7.16. The number of rotatable bonds is 6. The normalized spacial score (nSPS) is 11.4. The van der Waals surface area contributed by atoms with Crippen molar-refractivity contribution in [3.8, 4) is 0 Å². The first kappa shape index (κ1) is 16.8. The summed E-state index contributed by atoms with van der Waals surface area (Å²) in [4.78, 5) is 19.9. The number of carbonyl (C=O) groups excluding carboxylic acids is 1. The Morgan fingerprint density at radius 2 is 2.00 bits per heavy atom. The predicted molar refractivity (Wildman–Crippen MR) is 92.6 cm³/mol. The van der Waals surface area contributed by atoms with Gasteiger partial charge in [-0.3, -0.25) is 4.79 Å². The number of aromatic amines is 1. The number of hydrogen-bond acceptors (Lipinski definition) is 2. The smallest absolute Gasteiger partial charge is 0.227 e. The fraction of sp³-hybridized carbons (Fsp3) is 0.471. The summed E-state index contributed by atoms with van der Waals surface area (Å²) in [7, 11) is 4.04. The number of nitrogens with zero attached hydrogens (tertiary/aromatic N) is 2. The van der Waals surface area contributed by atoms with E-state index in [0.29, 0.717) is 11.4 Å². The molecule has 4 nitrogen and oxygen atoms in total. The van der Waals surface area contributed by atoms with Crippen LogP contribution in [0.15, 0.2) is 18.2 Å². The van der Waals surface area contributed by atoms with E-state index in [1.807, 2.05) is 51.0 Å². The average Bonchev–Trinajstić information content (AvgIpc) is 2.75. The van der Waals surface area contributed by atoms with Crippen molar-refractivity contribution in [3.05, 3.63) is 34.5 Å². The van der Waals surface area contributed by atoms with Crippen LogP contribution in [0.3, 0.4) is 0 Å². The van der Waals surface area contributed by atoms with Gasteiger partial charge < -0.3 is 14.8 Å². The SMILES string of the molecule is CCN(CCN(C)C)C(=O)Cc1c(C)[nH]c2ccc(Cl)cc12. The number of aromatic nitrogens is 1. The Labute approximate surface area is 137 Å². The number of halogens is 1. The number of aryl methyl sites for hydroxylation is 1. The van der Waals surface area contributed by atoms with Crippen LogP contribution in [0.25, 0.3) is 10.9 Å². The Bertz CT molecular complexity index is 663. The van der Waals surface area contributed by atoms with Crippen LogP contribution in [0.2, 0.25) is 5.02 Å². The molecule has 1 aromatic carbocycles. The number of H-pyrrole nitrogens is 1. The first-order valence-electron chi connectivity index (χ1n) is 7.61. The minimum Gasteiger partial charge on any atom is -0.358 e. The van der Waals surface area contributed by atoms with E-state index in [1.54, 1.807) is 0 Å². The van der Waals surface area contributed by atoms with Crippen molar-refractivity contribution < 1.29 is 4.79 Å². The van der Waals surface area contributed by atoms with Crippen LogP contribution in [-0.2, 0) is 11.2 Å². The van der Waals surface area contributed by atoms with Crippen LogP contribution in [0.1, 0.15) is 18.2 Å². The lowest BCUT2D eigenvalue weighted by atomic mass is 10.1. The van der Waals surface area contributed by atoms with Gasteiger partial charge in [0.15, 0.2) is 0 Å². The fourth-order valence-electron chi connectivity index (χ4n) is 2.63. The Kier molecular flexibility index (Phi) is 5.48. The predicted octanol–water partition coefficient (Wildman–Crippen LogP) is 3.08. The molecule has 2 rings (SSSR count). The van der Waals surface area contributed by atoms with Crippen LogP contribution >= 0.6 is 11.6 Å². The van der Waals surface area contributed by atoms with E-state index in [9.17, 15) is 4.79 Å². The molecule has 0 unspecified atom stereocenters. The van der Waals surface area contributed by atoms with Gasteiger partial charge >= 0.3 is 0 Å². The third-order valence-electron chi connectivity index (χ3n) is 3.96. The van der Waals surface area contributed by atoms with E-state index in [4.69, 9.17) is 11.6 Å². The molecule has 0 bridgehead atoms. The zero-order valence-corrected chi connectivity index (χ0v) is 14.5. The molecule has 0 aliphatic carbocycles. The van der Waals surface area contributed by atoms with Gasteiger partial charge in [-0.05, 0) is 51.7 Å². The summed E-state index contributed by atoms with van der Waals surface area (Å²) in [5.74, 6) is 0.160. The van der Waals surface area contributed by atoms with Crippen molar-refractivity contribution in [1.29, 1.82) is 0 Å². The monoisotopic (exact) mass is 321 g/mol. The van der Waals surface area contributed by atoms with Gasteiger partial charge in [-0.2, -0.15) is 0 Å². The molecular weight excluding hydrogens is 298 g/mol. The molecule has 0 atom stereocenters. The fourth-order valence-corrected chi connectivity index (χ4v) is 2.80. The minimum absolute atomic E-state index is 0.160. The summed E-state index contributed by atoms with van der Waals surface area (Å²) >= 11 is 6.10. The highest BCUT2D eigenvalue weighted by Gasteiger charge is 2.17. The van der Waals surface area contributed by atoms with Crippen molar-refractivity contribution in [2.45, 2.75) is 20.3 Å². The van der Waals surface area contributed by atoms with Gasteiger partial charge in [0.1, 0.15) is 0 Å². The molecule has 2 aromatic rings. The number of fused-ring (bicyclic) bond motifs is 1. The number of likely N-dealkylation sites (N-methyl/N-ethyl adjacent to an activating group) is 2. The molecule has 5 heteroatoms. The second-order valence-corrected chi connectivity index (χ2v) is 6.31. The molecule has 0 fully saturated rings. The molecule has 0 spiro atoms. The third-order valence-corrected chi connectivity index (χ3v) is 4.20. The van der Waals surface area contributed by atoms with Crippen molar-refractivity contribution in [1.82, 2.24) is 14.8 Å². The van der Waals surface area contributed by atoms with Crippen molar-refractivity contribution in [3.63, 3.8) is 0 Å². The van der Waals surface area contributed by atoms with Gasteiger partial charge in [-0.25, -0.2) is 0 Å². The first-order valence-corrected chi connectivity index (χ1v) is 7.99. The highest BCUT2D eigenvalue weighted by molar-refractivity contribution is 6.31. The van der Waals surface area contributed by atoms with Gasteiger partial charge in [-0.1, -0.05) is 11.6 Å². The maximum atomic E-state index is 12.6. The van der Waals surface area contributed by atoms with Gasteiger partial charge in [0, 0.05) is 41.3 Å². The first-order chi connectivity index (χ1) is 10.4. The lowest BCUT2D eigenvalue weighted by Gasteiger charge is -2.23. The molecule has 22 heavy (non-hydrogen) atoms. The molecule has 0 saturated heterocycles. The molecule has 1 heterocycles. The Morgan fingerprint density at radius 3 is 2.64 bits per heavy atom. The Hall–Kier alpha value is -1.52. The summed E-state index contributed by atoms with van der Waals surface area (Å²) in [6, 6.07) is 5.75. The maximum Gasteiger partial charge on any atom is 0.227 e. The van der Waals surface area contributed by atoms with Gasteiger partial charge in [0.05, 0.1) is 6.42 Å². The summed E-state index contributed by atoms with van der Waals surface area (Å²) in [6.07, 6.45) is 0.410. The molecule has 0 radical (unpaired) electrons. The number of amides is 1. The summed E-state index contributed by atoms with van der Waals surface area (Å²) in [6.45, 7) is 6.39. The number of nitrogens with one attached hydrogen (secondary N) is 1. The zero-order valence-electron chi connectivity index (χ0n) is 13.7. The molecule has 0 saturated carbocycles. The van der Waals surface area contributed by atoms with E-state index >= 15 is 0 Å². The molecular formula is C17H24ClN3O. The topological polar surface area (TPSA) is 39.3 Å². The van der Waals surface area contributed by atoms with Crippen LogP contribution in [-0.4, -0.2) is 54.4 Å². The van der Waals surface area contributed by atoms with E-state index < -0.39 is 0 Å². The maximum absolute atomic E-state index is 12.6. The minimum atomic E-state index is 0.160. The highest BCUT2D eigenvalue weighted by Crippen LogP contribution is 2.26. The van der Waals surface area contributed by atoms with E-state index in [1.165, 1.54) is 0 Å². The Morgan fingerprint density at radius 1 is 1.27 bits per heavy atom. The summed E-state index contributed by atoms with van der Waals surface area (Å²) in [5, 5.41) is 1.74. The third kappa shape index (κ3) is 3.81. The van der Waals surface area contributed by atoms with Crippen LogP contribution in [0.5, 0.6) is 0 Å².